The maximum Gasteiger partial charge on any atom is 0.251 e. The van der Waals surface area contributed by atoms with Gasteiger partial charge in [0.25, 0.3) is 5.91 Å². The lowest BCUT2D eigenvalue weighted by molar-refractivity contribution is 0.0946. The van der Waals surface area contributed by atoms with Gasteiger partial charge in [-0.2, -0.15) is 0 Å². The zero-order valence-electron chi connectivity index (χ0n) is 9.74. The highest BCUT2D eigenvalue weighted by Gasteiger charge is 2.11. The van der Waals surface area contributed by atoms with E-state index in [4.69, 9.17) is 10.3 Å². The molecule has 0 aliphatic rings. The minimum absolute atomic E-state index is 0.176. The summed E-state index contributed by atoms with van der Waals surface area (Å²) in [6, 6.07) is 4.22. The summed E-state index contributed by atoms with van der Waals surface area (Å²) in [5.41, 5.74) is 6.36. The fourth-order valence-electron chi connectivity index (χ4n) is 1.43. The zero-order valence-corrected chi connectivity index (χ0v) is 9.74. The van der Waals surface area contributed by atoms with E-state index >= 15 is 0 Å². The van der Waals surface area contributed by atoms with Crippen molar-refractivity contribution in [3.8, 4) is 0 Å². The van der Waals surface area contributed by atoms with Crippen molar-refractivity contribution in [3.05, 3.63) is 47.1 Å². The Balaban J connectivity index is 2.09. The summed E-state index contributed by atoms with van der Waals surface area (Å²) in [5, 5.41) is 6.09. The molecule has 18 heavy (non-hydrogen) atoms. The fraction of sp³-hybridized carbons (Fsp3) is 0.167. The second kappa shape index (κ2) is 4.87. The predicted molar refractivity (Wildman–Crippen MR) is 63.2 cm³/mol. The van der Waals surface area contributed by atoms with Crippen LogP contribution in [0.25, 0.3) is 0 Å². The molecule has 0 saturated carbocycles. The summed E-state index contributed by atoms with van der Waals surface area (Å²) in [7, 11) is 0. The third-order valence-corrected chi connectivity index (χ3v) is 2.56. The number of anilines is 1. The number of hydrogen-bond donors (Lipinski definition) is 2. The first-order valence-electron chi connectivity index (χ1n) is 5.31. The number of benzene rings is 1. The van der Waals surface area contributed by atoms with Gasteiger partial charge in [-0.05, 0) is 19.1 Å². The molecule has 1 heterocycles. The van der Waals surface area contributed by atoms with Gasteiger partial charge in [0.1, 0.15) is 5.82 Å². The number of nitrogens with zero attached hydrogens (tertiary/aromatic N) is 1. The van der Waals surface area contributed by atoms with Crippen LogP contribution in [-0.4, -0.2) is 11.1 Å². The number of nitrogen functional groups attached to an aromatic ring is 1. The van der Waals surface area contributed by atoms with Crippen LogP contribution in [0.4, 0.5) is 10.1 Å². The van der Waals surface area contributed by atoms with E-state index < -0.39 is 11.7 Å². The summed E-state index contributed by atoms with van der Waals surface area (Å²) >= 11 is 0. The van der Waals surface area contributed by atoms with E-state index in [0.29, 0.717) is 11.3 Å². The number of carbonyl (C=O) groups is 1. The van der Waals surface area contributed by atoms with E-state index in [9.17, 15) is 9.18 Å². The van der Waals surface area contributed by atoms with Crippen LogP contribution in [0.5, 0.6) is 0 Å². The highest BCUT2D eigenvalue weighted by Crippen LogP contribution is 2.17. The predicted octanol–water partition coefficient (Wildman–Crippen LogP) is 1.63. The summed E-state index contributed by atoms with van der Waals surface area (Å²) in [4.78, 5) is 11.8. The highest BCUT2D eigenvalue weighted by molar-refractivity contribution is 5.95. The highest BCUT2D eigenvalue weighted by atomic mass is 19.1. The third-order valence-electron chi connectivity index (χ3n) is 2.56. The van der Waals surface area contributed by atoms with Gasteiger partial charge < -0.3 is 15.6 Å². The number of halogens is 1. The Bertz CT molecular complexity index is 544. The Kier molecular flexibility index (Phi) is 3.27. The van der Waals surface area contributed by atoms with Crippen LogP contribution in [0.3, 0.4) is 0 Å². The molecule has 0 bridgehead atoms. The van der Waals surface area contributed by atoms with Gasteiger partial charge in [0.15, 0.2) is 5.76 Å². The van der Waals surface area contributed by atoms with Gasteiger partial charge >= 0.3 is 0 Å². The number of hydrogen-bond acceptors (Lipinski definition) is 4. The summed E-state index contributed by atoms with van der Waals surface area (Å²) in [6.45, 7) is 1.75. The summed E-state index contributed by atoms with van der Waals surface area (Å²) in [6.07, 6.45) is 1.48. The van der Waals surface area contributed by atoms with Crippen molar-refractivity contribution in [2.24, 2.45) is 0 Å². The monoisotopic (exact) mass is 249 g/mol. The van der Waals surface area contributed by atoms with E-state index in [0.717, 1.165) is 6.07 Å². The maximum absolute atomic E-state index is 13.4. The first kappa shape index (κ1) is 12.1. The van der Waals surface area contributed by atoms with E-state index in [-0.39, 0.29) is 17.8 Å². The number of nitrogens with two attached hydrogens (primary N) is 1. The maximum atomic E-state index is 13.4. The Morgan fingerprint density at radius 1 is 1.56 bits per heavy atom. The minimum atomic E-state index is -0.500. The second-order valence-electron chi connectivity index (χ2n) is 3.83. The SMILES string of the molecule is Cc1c(N)cc(C(=O)NCc2ccno2)cc1F. The molecule has 0 unspecified atom stereocenters. The van der Waals surface area contributed by atoms with E-state index in [1.54, 1.807) is 13.0 Å². The first-order valence-corrected chi connectivity index (χ1v) is 5.31. The Hall–Kier alpha value is -2.37. The molecule has 1 aromatic heterocycles. The van der Waals surface area contributed by atoms with Crippen molar-refractivity contribution in [1.82, 2.24) is 10.5 Å². The number of carbonyl (C=O) groups excluding carboxylic acids is 1. The quantitative estimate of drug-likeness (QED) is 0.810. The lowest BCUT2D eigenvalue weighted by Gasteiger charge is -2.07. The van der Waals surface area contributed by atoms with Crippen molar-refractivity contribution in [2.45, 2.75) is 13.5 Å². The summed E-state index contributed by atoms with van der Waals surface area (Å²) < 4.78 is 18.2. The van der Waals surface area contributed by atoms with Crippen molar-refractivity contribution in [3.63, 3.8) is 0 Å². The lowest BCUT2D eigenvalue weighted by Crippen LogP contribution is -2.23. The van der Waals surface area contributed by atoms with Crippen LogP contribution in [0.15, 0.2) is 28.9 Å². The Morgan fingerprint density at radius 3 is 2.94 bits per heavy atom. The number of nitrogens with one attached hydrogen (secondary N) is 1. The van der Waals surface area contributed by atoms with Gasteiger partial charge in [-0.3, -0.25) is 4.79 Å². The molecule has 0 saturated heterocycles. The van der Waals surface area contributed by atoms with Gasteiger partial charge in [-0.15, -0.1) is 0 Å². The first-order chi connectivity index (χ1) is 8.58. The molecule has 0 radical (unpaired) electrons. The van der Waals surface area contributed by atoms with Crippen LogP contribution < -0.4 is 11.1 Å². The van der Waals surface area contributed by atoms with Crippen LogP contribution in [0.1, 0.15) is 21.7 Å². The van der Waals surface area contributed by atoms with Gasteiger partial charge in [-0.25, -0.2) is 4.39 Å². The topological polar surface area (TPSA) is 81.2 Å². The third kappa shape index (κ3) is 2.48. The lowest BCUT2D eigenvalue weighted by atomic mass is 10.1. The molecular weight excluding hydrogens is 237 g/mol. The van der Waals surface area contributed by atoms with Crippen LogP contribution in [0.2, 0.25) is 0 Å². The molecule has 2 rings (SSSR count). The molecule has 6 heteroatoms. The number of aromatic nitrogens is 1. The largest absolute Gasteiger partial charge is 0.398 e. The van der Waals surface area contributed by atoms with E-state index in [1.807, 2.05) is 0 Å². The van der Waals surface area contributed by atoms with Crippen LogP contribution >= 0.6 is 0 Å². The second-order valence-corrected chi connectivity index (χ2v) is 3.83. The van der Waals surface area contributed by atoms with Crippen LogP contribution in [-0.2, 0) is 6.54 Å². The Morgan fingerprint density at radius 2 is 2.33 bits per heavy atom. The zero-order chi connectivity index (χ0) is 13.1. The molecule has 0 spiro atoms. The van der Waals surface area contributed by atoms with E-state index in [1.165, 1.54) is 12.3 Å². The fourth-order valence-corrected chi connectivity index (χ4v) is 1.43. The van der Waals surface area contributed by atoms with Crippen molar-refractivity contribution in [1.29, 1.82) is 0 Å². The molecule has 0 atom stereocenters. The molecule has 0 fully saturated rings. The number of rotatable bonds is 3. The Labute approximate surface area is 103 Å². The van der Waals surface area contributed by atoms with Gasteiger partial charge in [0.05, 0.1) is 12.7 Å². The molecule has 1 amide bonds. The molecule has 0 aliphatic heterocycles. The number of amides is 1. The average Bonchev–Trinajstić information content (AvgIpc) is 2.85. The molecule has 2 aromatic rings. The van der Waals surface area contributed by atoms with Gasteiger partial charge in [-0.1, -0.05) is 5.16 Å². The summed E-state index contributed by atoms with van der Waals surface area (Å²) in [5.74, 6) is -0.402. The average molecular weight is 249 g/mol. The smallest absolute Gasteiger partial charge is 0.251 e. The molecule has 0 aliphatic carbocycles. The van der Waals surface area contributed by atoms with Crippen molar-refractivity contribution in [2.75, 3.05) is 5.73 Å². The molecular formula is C12H12FN3O2. The molecule has 3 N–H and O–H groups in total. The minimum Gasteiger partial charge on any atom is -0.398 e. The van der Waals surface area contributed by atoms with Gasteiger partial charge in [0, 0.05) is 22.9 Å². The normalized spacial score (nSPS) is 10.3. The van der Waals surface area contributed by atoms with E-state index in [2.05, 4.69) is 10.5 Å². The van der Waals surface area contributed by atoms with Gasteiger partial charge in [0.2, 0.25) is 0 Å². The van der Waals surface area contributed by atoms with Crippen molar-refractivity contribution >= 4 is 11.6 Å². The van der Waals surface area contributed by atoms with Crippen LogP contribution in [0, 0.1) is 12.7 Å². The van der Waals surface area contributed by atoms with Crippen molar-refractivity contribution < 1.29 is 13.7 Å². The molecule has 1 aromatic carbocycles. The standard InChI is InChI=1S/C12H12FN3O2/c1-7-10(13)4-8(5-11(7)14)12(17)15-6-9-2-3-16-18-9/h2-5H,6,14H2,1H3,(H,15,17). The molecule has 94 valence electrons. The molecule has 5 nitrogen and oxygen atoms in total.